The summed E-state index contributed by atoms with van der Waals surface area (Å²) in [7, 11) is -2.01. The van der Waals surface area contributed by atoms with E-state index in [0.29, 0.717) is 33.6 Å². The van der Waals surface area contributed by atoms with Crippen LogP contribution in [0.1, 0.15) is 12.8 Å². The molecule has 9 heteroatoms. The number of methoxy groups -OCH3 is 1. The van der Waals surface area contributed by atoms with Gasteiger partial charge in [-0.2, -0.15) is 0 Å². The zero-order valence-electron chi connectivity index (χ0n) is 14.9. The number of halogens is 2. The second kappa shape index (κ2) is 9.30. The van der Waals surface area contributed by atoms with Crippen LogP contribution >= 0.6 is 23.2 Å². The molecular formula is C18H20Cl2N2O4S. The summed E-state index contributed by atoms with van der Waals surface area (Å²) < 4.78 is 30.6. The highest BCUT2D eigenvalue weighted by Crippen LogP contribution is 2.28. The highest BCUT2D eigenvalue weighted by atomic mass is 35.5. The summed E-state index contributed by atoms with van der Waals surface area (Å²) in [5.41, 5.74) is 0.923. The number of nitrogens with one attached hydrogen (secondary N) is 1. The number of nitrogens with zero attached hydrogens (tertiary/aromatic N) is 1. The summed E-state index contributed by atoms with van der Waals surface area (Å²) in [6, 6.07) is 11.5. The lowest BCUT2D eigenvalue weighted by atomic mass is 10.2. The summed E-state index contributed by atoms with van der Waals surface area (Å²) in [6.45, 7) is 0.152. The van der Waals surface area contributed by atoms with Crippen molar-refractivity contribution in [3.63, 3.8) is 0 Å². The number of rotatable bonds is 8. The number of carbonyl (C=O) groups excluding carboxylic acids is 1. The number of ether oxygens (including phenoxy) is 1. The molecule has 2 aromatic carbocycles. The van der Waals surface area contributed by atoms with Gasteiger partial charge in [0, 0.05) is 23.0 Å². The van der Waals surface area contributed by atoms with Crippen molar-refractivity contribution in [2.75, 3.05) is 29.5 Å². The maximum absolute atomic E-state index is 12.2. The van der Waals surface area contributed by atoms with Crippen molar-refractivity contribution in [2.45, 2.75) is 12.8 Å². The molecule has 0 saturated carbocycles. The largest absolute Gasteiger partial charge is 0.495 e. The van der Waals surface area contributed by atoms with E-state index in [4.69, 9.17) is 27.9 Å². The number of amides is 1. The molecule has 2 rings (SSSR count). The van der Waals surface area contributed by atoms with E-state index >= 15 is 0 Å². The SMILES string of the molecule is COc1ccc(Cl)cc1NC(=O)CCCN(c1cccc(Cl)c1)S(C)(=O)=O. The van der Waals surface area contributed by atoms with Gasteiger partial charge >= 0.3 is 0 Å². The fourth-order valence-electron chi connectivity index (χ4n) is 2.49. The third-order valence-electron chi connectivity index (χ3n) is 3.70. The summed E-state index contributed by atoms with van der Waals surface area (Å²) in [4.78, 5) is 12.2. The van der Waals surface area contributed by atoms with E-state index in [1.807, 2.05) is 0 Å². The fraction of sp³-hybridized carbons (Fsp3) is 0.278. The first-order chi connectivity index (χ1) is 12.7. The number of hydrogen-bond donors (Lipinski definition) is 1. The van der Waals surface area contributed by atoms with Crippen LogP contribution in [0.5, 0.6) is 5.75 Å². The lowest BCUT2D eigenvalue weighted by molar-refractivity contribution is -0.116. The van der Waals surface area contributed by atoms with Crippen molar-refractivity contribution >= 4 is 50.5 Å². The van der Waals surface area contributed by atoms with Crippen molar-refractivity contribution in [3.05, 3.63) is 52.5 Å². The predicted molar refractivity (Wildman–Crippen MR) is 110 cm³/mol. The first-order valence-corrected chi connectivity index (χ1v) is 10.7. The van der Waals surface area contributed by atoms with E-state index in [-0.39, 0.29) is 18.9 Å². The molecule has 0 unspecified atom stereocenters. The van der Waals surface area contributed by atoms with Gasteiger partial charge in [-0.3, -0.25) is 9.10 Å². The standard InChI is InChI=1S/C18H20Cl2N2O4S/c1-26-17-9-8-14(20)12-16(17)21-18(23)7-4-10-22(27(2,24)25)15-6-3-5-13(19)11-15/h3,5-6,8-9,11-12H,4,7,10H2,1-2H3,(H,21,23). The third kappa shape index (κ3) is 6.30. The molecule has 2 aromatic rings. The first kappa shape index (κ1) is 21.3. The summed E-state index contributed by atoms with van der Waals surface area (Å²) >= 11 is 11.9. The predicted octanol–water partition coefficient (Wildman–Crippen LogP) is 4.19. The summed E-state index contributed by atoms with van der Waals surface area (Å²) in [6.07, 6.45) is 1.57. The van der Waals surface area contributed by atoms with Gasteiger partial charge in [-0.1, -0.05) is 29.3 Å². The average Bonchev–Trinajstić information content (AvgIpc) is 2.58. The number of benzene rings is 2. The molecule has 0 atom stereocenters. The van der Waals surface area contributed by atoms with E-state index in [0.717, 1.165) is 6.26 Å². The van der Waals surface area contributed by atoms with Crippen molar-refractivity contribution in [1.29, 1.82) is 0 Å². The summed E-state index contributed by atoms with van der Waals surface area (Å²) in [5, 5.41) is 3.63. The van der Waals surface area contributed by atoms with Gasteiger partial charge < -0.3 is 10.1 Å². The van der Waals surface area contributed by atoms with Crippen LogP contribution in [0.4, 0.5) is 11.4 Å². The summed E-state index contributed by atoms with van der Waals surface area (Å²) in [5.74, 6) is 0.222. The number of anilines is 2. The highest BCUT2D eigenvalue weighted by molar-refractivity contribution is 7.92. The monoisotopic (exact) mass is 430 g/mol. The Bertz CT molecular complexity index is 919. The normalized spacial score (nSPS) is 11.1. The van der Waals surface area contributed by atoms with Crippen molar-refractivity contribution in [2.24, 2.45) is 0 Å². The third-order valence-corrected chi connectivity index (χ3v) is 5.36. The Balaban J connectivity index is 2.01. The molecule has 6 nitrogen and oxygen atoms in total. The Hall–Kier alpha value is -1.96. The van der Waals surface area contributed by atoms with E-state index in [1.54, 1.807) is 42.5 Å². The van der Waals surface area contributed by atoms with Crippen LogP contribution in [-0.2, 0) is 14.8 Å². The van der Waals surface area contributed by atoms with E-state index in [9.17, 15) is 13.2 Å². The second-order valence-corrected chi connectivity index (χ2v) is 8.59. The maximum Gasteiger partial charge on any atom is 0.232 e. The van der Waals surface area contributed by atoms with Crippen molar-refractivity contribution < 1.29 is 17.9 Å². The van der Waals surface area contributed by atoms with Crippen LogP contribution in [-0.4, -0.2) is 34.2 Å². The fourth-order valence-corrected chi connectivity index (χ4v) is 3.81. The van der Waals surface area contributed by atoms with Gasteiger partial charge in [-0.25, -0.2) is 8.42 Å². The molecule has 0 spiro atoms. The maximum atomic E-state index is 12.2. The van der Waals surface area contributed by atoms with Crippen LogP contribution in [0.2, 0.25) is 10.0 Å². The molecule has 0 aliphatic heterocycles. The molecule has 0 heterocycles. The van der Waals surface area contributed by atoms with Gasteiger partial charge in [0.05, 0.1) is 24.7 Å². The second-order valence-electron chi connectivity index (χ2n) is 5.81. The van der Waals surface area contributed by atoms with Crippen molar-refractivity contribution in [1.82, 2.24) is 0 Å². The smallest absolute Gasteiger partial charge is 0.232 e. The molecule has 1 amide bonds. The Labute approximate surface area is 169 Å². The number of carbonyl (C=O) groups is 1. The van der Waals surface area contributed by atoms with Gasteiger partial charge in [-0.15, -0.1) is 0 Å². The molecule has 146 valence electrons. The van der Waals surface area contributed by atoms with Gasteiger partial charge in [0.25, 0.3) is 0 Å². The number of sulfonamides is 1. The number of hydrogen-bond acceptors (Lipinski definition) is 4. The van der Waals surface area contributed by atoms with E-state index in [2.05, 4.69) is 5.32 Å². The average molecular weight is 431 g/mol. The van der Waals surface area contributed by atoms with Crippen LogP contribution in [0.15, 0.2) is 42.5 Å². The molecule has 1 N–H and O–H groups in total. The Morgan fingerprint density at radius 1 is 1.15 bits per heavy atom. The van der Waals surface area contributed by atoms with Crippen LogP contribution in [0.25, 0.3) is 0 Å². The molecule has 0 radical (unpaired) electrons. The van der Waals surface area contributed by atoms with Gasteiger partial charge in [-0.05, 0) is 42.8 Å². The van der Waals surface area contributed by atoms with E-state index < -0.39 is 10.0 Å². The minimum atomic E-state index is -3.50. The van der Waals surface area contributed by atoms with Gasteiger partial charge in [0.15, 0.2) is 0 Å². The van der Waals surface area contributed by atoms with Crippen LogP contribution in [0.3, 0.4) is 0 Å². The zero-order chi connectivity index (χ0) is 20.0. The van der Waals surface area contributed by atoms with Crippen LogP contribution in [0, 0.1) is 0 Å². The Morgan fingerprint density at radius 3 is 2.48 bits per heavy atom. The topological polar surface area (TPSA) is 75.7 Å². The molecule has 0 aromatic heterocycles. The molecule has 0 aliphatic carbocycles. The minimum absolute atomic E-state index is 0.127. The molecule has 0 fully saturated rings. The molecule has 0 aliphatic rings. The molecule has 0 bridgehead atoms. The molecule has 27 heavy (non-hydrogen) atoms. The lowest BCUT2D eigenvalue weighted by Crippen LogP contribution is -2.31. The molecular weight excluding hydrogens is 411 g/mol. The Morgan fingerprint density at radius 2 is 1.85 bits per heavy atom. The first-order valence-electron chi connectivity index (χ1n) is 8.07. The highest BCUT2D eigenvalue weighted by Gasteiger charge is 2.18. The quantitative estimate of drug-likeness (QED) is 0.680. The van der Waals surface area contributed by atoms with E-state index in [1.165, 1.54) is 11.4 Å². The minimum Gasteiger partial charge on any atom is -0.495 e. The van der Waals surface area contributed by atoms with Gasteiger partial charge in [0.1, 0.15) is 5.75 Å². The van der Waals surface area contributed by atoms with Crippen LogP contribution < -0.4 is 14.4 Å². The lowest BCUT2D eigenvalue weighted by Gasteiger charge is -2.22. The van der Waals surface area contributed by atoms with Gasteiger partial charge in [0.2, 0.25) is 15.9 Å². The zero-order valence-corrected chi connectivity index (χ0v) is 17.2. The molecule has 0 saturated heterocycles. The van der Waals surface area contributed by atoms with Crippen molar-refractivity contribution in [3.8, 4) is 5.75 Å². The Kier molecular flexibility index (Phi) is 7.35.